The van der Waals surface area contributed by atoms with Crippen molar-refractivity contribution in [3.8, 4) is 11.1 Å². The molecule has 2 N–H and O–H groups in total. The Morgan fingerprint density at radius 3 is 2.86 bits per heavy atom. The molecule has 1 saturated carbocycles. The fraction of sp³-hybridized carbons (Fsp3) is 0.333. The fourth-order valence-corrected chi connectivity index (χ4v) is 3.89. The third-order valence-electron chi connectivity index (χ3n) is 5.58. The zero-order valence-electron chi connectivity index (χ0n) is 15.7. The number of pyridine rings is 2. The van der Waals surface area contributed by atoms with Gasteiger partial charge in [-0.1, -0.05) is 0 Å². The van der Waals surface area contributed by atoms with E-state index in [0.29, 0.717) is 12.0 Å². The van der Waals surface area contributed by atoms with E-state index in [1.165, 1.54) is 0 Å². The monoisotopic (exact) mass is 374 g/mol. The summed E-state index contributed by atoms with van der Waals surface area (Å²) in [6.07, 6.45) is 10.8. The van der Waals surface area contributed by atoms with Crippen molar-refractivity contribution in [3.63, 3.8) is 0 Å². The fourth-order valence-electron chi connectivity index (χ4n) is 3.89. The molecule has 0 amide bonds. The van der Waals surface area contributed by atoms with Gasteiger partial charge >= 0.3 is 0 Å². The zero-order chi connectivity index (χ0) is 19.1. The molecule has 0 aliphatic heterocycles. The number of rotatable bonds is 3. The van der Waals surface area contributed by atoms with Crippen LogP contribution in [0.2, 0.25) is 0 Å². The molecule has 4 aromatic heterocycles. The summed E-state index contributed by atoms with van der Waals surface area (Å²) in [5.74, 6) is 0.613. The Labute approximate surface area is 162 Å². The second-order valence-corrected chi connectivity index (χ2v) is 7.83. The lowest BCUT2D eigenvalue weighted by Crippen LogP contribution is -2.36. The van der Waals surface area contributed by atoms with Gasteiger partial charge < -0.3 is 10.4 Å². The number of hydrogen-bond acceptors (Lipinski definition) is 6. The second kappa shape index (κ2) is 6.53. The van der Waals surface area contributed by atoms with Crippen molar-refractivity contribution in [3.05, 3.63) is 49.1 Å². The van der Waals surface area contributed by atoms with Crippen molar-refractivity contribution in [2.75, 3.05) is 5.32 Å². The molecular weight excluding hydrogens is 352 g/mol. The SMILES string of the molecule is CC1(O)CCC(Nc2ncc3c(-c4cnc5ncccc5c4)ccn3n2)CC1. The summed E-state index contributed by atoms with van der Waals surface area (Å²) in [5.41, 5.74) is 3.19. The molecule has 0 unspecified atom stereocenters. The van der Waals surface area contributed by atoms with Crippen molar-refractivity contribution in [2.24, 2.45) is 0 Å². The first kappa shape index (κ1) is 17.1. The van der Waals surface area contributed by atoms with Gasteiger partial charge in [-0.05, 0) is 56.9 Å². The molecule has 0 saturated heterocycles. The van der Waals surface area contributed by atoms with Gasteiger partial charge in [0.15, 0.2) is 5.65 Å². The van der Waals surface area contributed by atoms with Crippen LogP contribution < -0.4 is 5.32 Å². The summed E-state index contributed by atoms with van der Waals surface area (Å²) in [4.78, 5) is 13.3. The molecule has 5 rings (SSSR count). The quantitative estimate of drug-likeness (QED) is 0.571. The summed E-state index contributed by atoms with van der Waals surface area (Å²) in [5, 5.41) is 19.1. The number of aliphatic hydroxyl groups is 1. The lowest BCUT2D eigenvalue weighted by Gasteiger charge is -2.33. The van der Waals surface area contributed by atoms with Gasteiger partial charge in [0, 0.05) is 41.1 Å². The molecule has 0 atom stereocenters. The predicted molar refractivity (Wildman–Crippen MR) is 108 cm³/mol. The van der Waals surface area contributed by atoms with E-state index >= 15 is 0 Å². The van der Waals surface area contributed by atoms with E-state index in [-0.39, 0.29) is 0 Å². The maximum Gasteiger partial charge on any atom is 0.241 e. The van der Waals surface area contributed by atoms with Crippen LogP contribution in [-0.2, 0) is 0 Å². The average Bonchev–Trinajstić information content (AvgIpc) is 3.12. The van der Waals surface area contributed by atoms with Crippen LogP contribution in [0.15, 0.2) is 49.1 Å². The van der Waals surface area contributed by atoms with Gasteiger partial charge in [0.25, 0.3) is 0 Å². The Kier molecular flexibility index (Phi) is 3.98. The summed E-state index contributed by atoms with van der Waals surface area (Å²) >= 11 is 0. The number of hydrogen-bond donors (Lipinski definition) is 2. The third kappa shape index (κ3) is 3.18. The van der Waals surface area contributed by atoms with Crippen LogP contribution in [0.1, 0.15) is 32.6 Å². The molecule has 4 aromatic rings. The normalized spacial score (nSPS) is 22.6. The number of nitrogens with one attached hydrogen (secondary N) is 1. The van der Waals surface area contributed by atoms with Gasteiger partial charge in [0.2, 0.25) is 5.95 Å². The third-order valence-corrected chi connectivity index (χ3v) is 5.58. The van der Waals surface area contributed by atoms with Crippen molar-refractivity contribution in [1.82, 2.24) is 24.6 Å². The smallest absolute Gasteiger partial charge is 0.241 e. The van der Waals surface area contributed by atoms with Crippen LogP contribution in [0.4, 0.5) is 5.95 Å². The average molecular weight is 374 g/mol. The topological polar surface area (TPSA) is 88.2 Å². The molecule has 0 aromatic carbocycles. The molecule has 1 aliphatic rings. The minimum absolute atomic E-state index is 0.296. The predicted octanol–water partition coefficient (Wildman–Crippen LogP) is 3.45. The van der Waals surface area contributed by atoms with Gasteiger partial charge in [-0.3, -0.25) is 0 Å². The second-order valence-electron chi connectivity index (χ2n) is 7.83. The first-order chi connectivity index (χ1) is 13.6. The number of nitrogens with zero attached hydrogens (tertiary/aromatic N) is 5. The Balaban J connectivity index is 1.41. The standard InChI is InChI=1S/C21H22N6O/c1-21(28)7-4-16(5-8-21)25-20-24-13-18-17(6-10-27(18)26-20)15-11-14-3-2-9-22-19(14)23-12-15/h2-3,6,9-13,16,28H,4-5,7-8H2,1H3,(H,25,26). The van der Waals surface area contributed by atoms with Crippen molar-refractivity contribution < 1.29 is 5.11 Å². The number of fused-ring (bicyclic) bond motifs is 2. The van der Waals surface area contributed by atoms with Crippen LogP contribution in [0.25, 0.3) is 27.7 Å². The molecule has 0 spiro atoms. The van der Waals surface area contributed by atoms with Gasteiger partial charge in [0.1, 0.15) is 0 Å². The number of aromatic nitrogens is 5. The van der Waals surface area contributed by atoms with Crippen LogP contribution in [0.5, 0.6) is 0 Å². The minimum Gasteiger partial charge on any atom is -0.390 e. The van der Waals surface area contributed by atoms with Gasteiger partial charge in [-0.2, -0.15) is 0 Å². The van der Waals surface area contributed by atoms with Crippen molar-refractivity contribution >= 4 is 22.5 Å². The minimum atomic E-state index is -0.540. The van der Waals surface area contributed by atoms with E-state index in [2.05, 4.69) is 31.4 Å². The van der Waals surface area contributed by atoms with Crippen molar-refractivity contribution in [1.29, 1.82) is 0 Å². The van der Waals surface area contributed by atoms with Crippen LogP contribution >= 0.6 is 0 Å². The van der Waals surface area contributed by atoms with E-state index in [4.69, 9.17) is 0 Å². The van der Waals surface area contributed by atoms with E-state index in [1.807, 2.05) is 48.2 Å². The summed E-state index contributed by atoms with van der Waals surface area (Å²) in [6, 6.07) is 8.34. The molecule has 4 heterocycles. The molecular formula is C21H22N6O. The lowest BCUT2D eigenvalue weighted by atomic mass is 9.84. The van der Waals surface area contributed by atoms with Crippen LogP contribution in [-0.4, -0.2) is 41.3 Å². The summed E-state index contributed by atoms with van der Waals surface area (Å²) in [6.45, 7) is 1.91. The van der Waals surface area contributed by atoms with Crippen molar-refractivity contribution in [2.45, 2.75) is 44.2 Å². The van der Waals surface area contributed by atoms with E-state index < -0.39 is 5.60 Å². The highest BCUT2D eigenvalue weighted by Crippen LogP contribution is 2.30. The van der Waals surface area contributed by atoms with E-state index in [0.717, 1.165) is 53.4 Å². The highest BCUT2D eigenvalue weighted by molar-refractivity contribution is 5.86. The molecule has 28 heavy (non-hydrogen) atoms. The lowest BCUT2D eigenvalue weighted by molar-refractivity contribution is 0.0195. The Morgan fingerprint density at radius 1 is 1.14 bits per heavy atom. The maximum absolute atomic E-state index is 10.1. The molecule has 0 radical (unpaired) electrons. The zero-order valence-corrected chi connectivity index (χ0v) is 15.7. The highest BCUT2D eigenvalue weighted by Gasteiger charge is 2.28. The molecule has 1 fully saturated rings. The first-order valence-electron chi connectivity index (χ1n) is 9.62. The van der Waals surface area contributed by atoms with Crippen LogP contribution in [0.3, 0.4) is 0 Å². The Bertz CT molecular complexity index is 1140. The van der Waals surface area contributed by atoms with Crippen LogP contribution in [0, 0.1) is 0 Å². The molecule has 1 aliphatic carbocycles. The van der Waals surface area contributed by atoms with Gasteiger partial charge in [-0.25, -0.2) is 19.5 Å². The maximum atomic E-state index is 10.1. The molecule has 7 heteroatoms. The highest BCUT2D eigenvalue weighted by atomic mass is 16.3. The van der Waals surface area contributed by atoms with Gasteiger partial charge in [-0.15, -0.1) is 5.10 Å². The Morgan fingerprint density at radius 2 is 2.00 bits per heavy atom. The summed E-state index contributed by atoms with van der Waals surface area (Å²) < 4.78 is 1.84. The molecule has 7 nitrogen and oxygen atoms in total. The first-order valence-corrected chi connectivity index (χ1v) is 9.62. The van der Waals surface area contributed by atoms with E-state index in [9.17, 15) is 5.11 Å². The van der Waals surface area contributed by atoms with E-state index in [1.54, 1.807) is 6.20 Å². The summed E-state index contributed by atoms with van der Waals surface area (Å²) in [7, 11) is 0. The largest absolute Gasteiger partial charge is 0.390 e. The number of anilines is 1. The Hall–Kier alpha value is -3.06. The molecule has 142 valence electrons. The van der Waals surface area contributed by atoms with Gasteiger partial charge in [0.05, 0.1) is 17.3 Å². The molecule has 0 bridgehead atoms.